The summed E-state index contributed by atoms with van der Waals surface area (Å²) in [7, 11) is -7.90. The van der Waals surface area contributed by atoms with Gasteiger partial charge in [0.2, 0.25) is 9.47 Å². The lowest BCUT2D eigenvalue weighted by molar-refractivity contribution is 0.588. The molecule has 0 bridgehead atoms. The maximum atomic E-state index is 12.9. The van der Waals surface area contributed by atoms with Gasteiger partial charge in [0.05, 0.1) is 4.90 Å². The normalized spacial score (nSPS) is 12.3. The molecule has 8 nitrogen and oxygen atoms in total. The highest BCUT2D eigenvalue weighted by molar-refractivity contribution is 7.93. The first kappa shape index (κ1) is 18.8. The Hall–Kier alpha value is -1.56. The van der Waals surface area contributed by atoms with E-state index in [1.54, 1.807) is 12.1 Å². The van der Waals surface area contributed by atoms with Crippen molar-refractivity contribution in [1.29, 1.82) is 0 Å². The Labute approximate surface area is 145 Å². The van der Waals surface area contributed by atoms with Gasteiger partial charge in [0.1, 0.15) is 0 Å². The summed E-state index contributed by atoms with van der Waals surface area (Å²) in [4.78, 5) is 0.108. The molecule has 0 unspecified atom stereocenters. The number of aryl methyl sites for hydroxylation is 1. The molecular formula is C13H18N4O4S3. The van der Waals surface area contributed by atoms with E-state index in [9.17, 15) is 16.8 Å². The van der Waals surface area contributed by atoms with Crippen LogP contribution < -0.4 is 9.44 Å². The van der Waals surface area contributed by atoms with Crippen LogP contribution in [0.1, 0.15) is 25.3 Å². The highest BCUT2D eigenvalue weighted by atomic mass is 32.2. The van der Waals surface area contributed by atoms with Gasteiger partial charge in [-0.15, -0.1) is 10.2 Å². The Balaban J connectivity index is 2.48. The molecular weight excluding hydrogens is 372 g/mol. The number of nitrogens with two attached hydrogens (primary N) is 1. The Morgan fingerprint density at radius 2 is 1.75 bits per heavy atom. The summed E-state index contributed by atoms with van der Waals surface area (Å²) in [5.74, 6) is 0. The fourth-order valence-corrected chi connectivity index (χ4v) is 4.98. The molecule has 1 aromatic carbocycles. The quantitative estimate of drug-likeness (QED) is 0.764. The highest BCUT2D eigenvalue weighted by Gasteiger charge is 2.29. The standard InChI is InChI=1S/C13H18N4O4S3/c1-3-4-9-17(12-15-16-13(22-12)23(14,18)19)24(20,21)11-7-5-10(2)6-8-11/h5-8H,3-4,9H2,1-2H3,(H2,14,18,19). The number of nitrogens with zero attached hydrogens (tertiary/aromatic N) is 3. The molecule has 132 valence electrons. The maximum absolute atomic E-state index is 12.9. The van der Waals surface area contributed by atoms with Crippen LogP contribution in [0.3, 0.4) is 0 Å². The molecule has 2 rings (SSSR count). The first-order chi connectivity index (χ1) is 11.2. The van der Waals surface area contributed by atoms with Gasteiger partial charge in [0.15, 0.2) is 0 Å². The molecule has 2 N–H and O–H groups in total. The van der Waals surface area contributed by atoms with Crippen molar-refractivity contribution in [2.24, 2.45) is 5.14 Å². The van der Waals surface area contributed by atoms with Crippen LogP contribution in [0.5, 0.6) is 0 Å². The van der Waals surface area contributed by atoms with Crippen LogP contribution in [0.15, 0.2) is 33.5 Å². The largest absolute Gasteiger partial charge is 0.267 e. The van der Waals surface area contributed by atoms with Gasteiger partial charge in [-0.1, -0.05) is 42.4 Å². The van der Waals surface area contributed by atoms with Crippen molar-refractivity contribution in [3.63, 3.8) is 0 Å². The van der Waals surface area contributed by atoms with Crippen LogP contribution in [-0.2, 0) is 20.0 Å². The van der Waals surface area contributed by atoms with Crippen molar-refractivity contribution in [3.8, 4) is 0 Å². The molecule has 11 heteroatoms. The number of anilines is 1. The van der Waals surface area contributed by atoms with Gasteiger partial charge >= 0.3 is 0 Å². The molecule has 0 aliphatic heterocycles. The topological polar surface area (TPSA) is 123 Å². The predicted molar refractivity (Wildman–Crippen MR) is 91.9 cm³/mol. The number of aromatic nitrogens is 2. The number of hydrogen-bond donors (Lipinski definition) is 1. The van der Waals surface area contributed by atoms with Crippen LogP contribution in [0.2, 0.25) is 0 Å². The van der Waals surface area contributed by atoms with E-state index in [1.807, 2.05) is 13.8 Å². The van der Waals surface area contributed by atoms with Gasteiger partial charge in [0, 0.05) is 6.54 Å². The Bertz CT molecular complexity index is 905. The summed E-state index contributed by atoms with van der Waals surface area (Å²) in [6.07, 6.45) is 1.36. The first-order valence-corrected chi connectivity index (χ1v) is 10.9. The van der Waals surface area contributed by atoms with Gasteiger partial charge in [0.25, 0.3) is 20.0 Å². The monoisotopic (exact) mass is 390 g/mol. The van der Waals surface area contributed by atoms with E-state index in [-0.39, 0.29) is 16.6 Å². The van der Waals surface area contributed by atoms with Crippen LogP contribution in [0.25, 0.3) is 0 Å². The second-order valence-electron chi connectivity index (χ2n) is 5.14. The zero-order valence-electron chi connectivity index (χ0n) is 13.2. The summed E-state index contributed by atoms with van der Waals surface area (Å²) in [5, 5.41) is 12.2. The zero-order valence-corrected chi connectivity index (χ0v) is 15.7. The fourth-order valence-electron chi connectivity index (χ4n) is 1.88. The minimum atomic E-state index is -4.03. The molecule has 0 aliphatic rings. The molecule has 0 radical (unpaired) electrons. The molecule has 0 spiro atoms. The van der Waals surface area contributed by atoms with Gasteiger partial charge in [-0.25, -0.2) is 26.3 Å². The van der Waals surface area contributed by atoms with E-state index in [4.69, 9.17) is 5.14 Å². The minimum Gasteiger partial charge on any atom is -0.240 e. The molecule has 0 aliphatic carbocycles. The lowest BCUT2D eigenvalue weighted by atomic mass is 10.2. The third-order valence-corrected chi connectivity index (χ3v) is 7.35. The van der Waals surface area contributed by atoms with E-state index in [1.165, 1.54) is 12.1 Å². The Morgan fingerprint density at radius 1 is 1.12 bits per heavy atom. The van der Waals surface area contributed by atoms with Crippen molar-refractivity contribution < 1.29 is 16.8 Å². The van der Waals surface area contributed by atoms with Gasteiger partial charge in [-0.2, -0.15) is 0 Å². The average molecular weight is 391 g/mol. The second kappa shape index (κ2) is 7.13. The van der Waals surface area contributed by atoms with Crippen molar-refractivity contribution in [3.05, 3.63) is 29.8 Å². The van der Waals surface area contributed by atoms with Gasteiger partial charge < -0.3 is 0 Å². The minimum absolute atomic E-state index is 0.0203. The van der Waals surface area contributed by atoms with Crippen LogP contribution in [-0.4, -0.2) is 33.6 Å². The number of unbranched alkanes of at least 4 members (excludes halogenated alkanes) is 1. The number of sulfonamides is 2. The highest BCUT2D eigenvalue weighted by Crippen LogP contribution is 2.28. The smallest absolute Gasteiger partial charge is 0.240 e. The van der Waals surface area contributed by atoms with Gasteiger partial charge in [-0.3, -0.25) is 0 Å². The molecule has 1 aromatic heterocycles. The SMILES string of the molecule is CCCCN(c1nnc(S(N)(=O)=O)s1)S(=O)(=O)c1ccc(C)cc1. The molecule has 1 heterocycles. The number of rotatable bonds is 7. The lowest BCUT2D eigenvalue weighted by Gasteiger charge is -2.21. The summed E-state index contributed by atoms with van der Waals surface area (Å²) in [6.45, 7) is 3.95. The molecule has 0 saturated carbocycles. The van der Waals surface area contributed by atoms with Gasteiger partial charge in [-0.05, 0) is 25.5 Å². The zero-order chi connectivity index (χ0) is 18.0. The molecule has 0 atom stereocenters. The predicted octanol–water partition coefficient (Wildman–Crippen LogP) is 1.49. The van der Waals surface area contributed by atoms with Crippen molar-refractivity contribution in [2.75, 3.05) is 10.8 Å². The Morgan fingerprint density at radius 3 is 2.25 bits per heavy atom. The summed E-state index contributed by atoms with van der Waals surface area (Å²) < 4.78 is 49.2. The van der Waals surface area contributed by atoms with E-state index in [0.717, 1.165) is 16.3 Å². The summed E-state index contributed by atoms with van der Waals surface area (Å²) in [5.41, 5.74) is 0.932. The summed E-state index contributed by atoms with van der Waals surface area (Å²) in [6, 6.07) is 6.40. The van der Waals surface area contributed by atoms with Crippen molar-refractivity contribution in [2.45, 2.75) is 35.9 Å². The molecule has 2 aromatic rings. The number of benzene rings is 1. The van der Waals surface area contributed by atoms with E-state index >= 15 is 0 Å². The number of hydrogen-bond acceptors (Lipinski definition) is 7. The van der Waals surface area contributed by atoms with E-state index < -0.39 is 24.4 Å². The fraction of sp³-hybridized carbons (Fsp3) is 0.385. The average Bonchev–Trinajstić information content (AvgIpc) is 2.97. The van der Waals surface area contributed by atoms with Crippen LogP contribution >= 0.6 is 11.3 Å². The van der Waals surface area contributed by atoms with Crippen molar-refractivity contribution >= 4 is 36.5 Å². The third-order valence-electron chi connectivity index (χ3n) is 3.18. The lowest BCUT2D eigenvalue weighted by Crippen LogP contribution is -2.32. The van der Waals surface area contributed by atoms with E-state index in [0.29, 0.717) is 17.8 Å². The number of primary sulfonamides is 1. The molecule has 0 fully saturated rings. The first-order valence-electron chi connectivity index (χ1n) is 7.12. The van der Waals surface area contributed by atoms with Crippen LogP contribution in [0, 0.1) is 6.92 Å². The second-order valence-corrected chi connectivity index (χ2v) is 9.69. The summed E-state index contributed by atoms with van der Waals surface area (Å²) >= 11 is 0.635. The van der Waals surface area contributed by atoms with Crippen LogP contribution in [0.4, 0.5) is 5.13 Å². The maximum Gasteiger partial charge on any atom is 0.267 e. The Kier molecular flexibility index (Phi) is 5.58. The molecule has 0 amide bonds. The third kappa shape index (κ3) is 4.09. The van der Waals surface area contributed by atoms with E-state index in [2.05, 4.69) is 10.2 Å². The van der Waals surface area contributed by atoms with Crippen molar-refractivity contribution in [1.82, 2.24) is 10.2 Å². The molecule has 0 saturated heterocycles. The molecule has 24 heavy (non-hydrogen) atoms.